The van der Waals surface area contributed by atoms with Crippen LogP contribution in [0.2, 0.25) is 0 Å². The van der Waals surface area contributed by atoms with Crippen molar-refractivity contribution in [2.24, 2.45) is 11.8 Å². The standard InChI is InChI=1S/C20H30O3/c1-16-10-12-17(13-11-16)6-2-4-8-19(22)18-7-3-5-9-20(18)23-15-14-21/h3,5,7,9,16-17,21H,2,4,6,8,10-15H2,1H3. The zero-order valence-electron chi connectivity index (χ0n) is 14.3. The molecular formula is C20H30O3. The number of carbonyl (C=O) groups excluding carboxylic acids is 1. The third kappa shape index (κ3) is 5.98. The summed E-state index contributed by atoms with van der Waals surface area (Å²) in [7, 11) is 0. The van der Waals surface area contributed by atoms with Gasteiger partial charge in [-0.1, -0.05) is 57.6 Å². The van der Waals surface area contributed by atoms with Crippen LogP contribution in [0, 0.1) is 11.8 Å². The average Bonchev–Trinajstić information content (AvgIpc) is 2.58. The Labute approximate surface area is 140 Å². The molecule has 128 valence electrons. The van der Waals surface area contributed by atoms with Crippen molar-refractivity contribution in [2.75, 3.05) is 13.2 Å². The molecule has 1 aliphatic rings. The van der Waals surface area contributed by atoms with Crippen LogP contribution in [0.15, 0.2) is 24.3 Å². The molecule has 0 bridgehead atoms. The summed E-state index contributed by atoms with van der Waals surface area (Å²) in [5, 5.41) is 8.86. The highest BCUT2D eigenvalue weighted by Gasteiger charge is 2.18. The van der Waals surface area contributed by atoms with Gasteiger partial charge in [0.05, 0.1) is 12.2 Å². The molecule has 1 fully saturated rings. The Kier molecular flexibility index (Phi) is 7.60. The van der Waals surface area contributed by atoms with Crippen molar-refractivity contribution in [1.29, 1.82) is 0 Å². The van der Waals surface area contributed by atoms with E-state index in [4.69, 9.17) is 9.84 Å². The van der Waals surface area contributed by atoms with Gasteiger partial charge in [0, 0.05) is 6.42 Å². The van der Waals surface area contributed by atoms with Crippen LogP contribution in [0.3, 0.4) is 0 Å². The zero-order valence-corrected chi connectivity index (χ0v) is 14.3. The summed E-state index contributed by atoms with van der Waals surface area (Å²) in [6, 6.07) is 7.33. The number of aliphatic hydroxyl groups is 1. The molecule has 0 saturated heterocycles. The number of Topliss-reactive ketones (excluding diaryl/α,β-unsaturated/α-hetero) is 1. The van der Waals surface area contributed by atoms with Gasteiger partial charge in [0.25, 0.3) is 0 Å². The Morgan fingerprint density at radius 2 is 1.91 bits per heavy atom. The van der Waals surface area contributed by atoms with Gasteiger partial charge in [-0.25, -0.2) is 0 Å². The van der Waals surface area contributed by atoms with Crippen molar-refractivity contribution in [3.8, 4) is 5.75 Å². The lowest BCUT2D eigenvalue weighted by Gasteiger charge is -2.25. The fraction of sp³-hybridized carbons (Fsp3) is 0.650. The summed E-state index contributed by atoms with van der Waals surface area (Å²) >= 11 is 0. The van der Waals surface area contributed by atoms with E-state index >= 15 is 0 Å². The zero-order chi connectivity index (χ0) is 16.5. The minimum atomic E-state index is -0.0392. The Morgan fingerprint density at radius 1 is 1.17 bits per heavy atom. The number of hydrogen-bond donors (Lipinski definition) is 1. The van der Waals surface area contributed by atoms with E-state index in [0.717, 1.165) is 24.7 Å². The molecule has 0 amide bonds. The molecule has 1 aliphatic carbocycles. The first-order valence-electron chi connectivity index (χ1n) is 9.06. The second-order valence-corrected chi connectivity index (χ2v) is 6.86. The maximum Gasteiger partial charge on any atom is 0.166 e. The Hall–Kier alpha value is -1.35. The second kappa shape index (κ2) is 9.71. The van der Waals surface area contributed by atoms with Crippen LogP contribution in [-0.4, -0.2) is 24.1 Å². The molecule has 0 aromatic heterocycles. The largest absolute Gasteiger partial charge is 0.490 e. The maximum absolute atomic E-state index is 12.4. The van der Waals surface area contributed by atoms with E-state index in [1.165, 1.54) is 32.1 Å². The van der Waals surface area contributed by atoms with Gasteiger partial charge >= 0.3 is 0 Å². The molecule has 1 saturated carbocycles. The number of ketones is 1. The lowest BCUT2D eigenvalue weighted by Crippen LogP contribution is -2.12. The van der Waals surface area contributed by atoms with Gasteiger partial charge in [0.1, 0.15) is 12.4 Å². The second-order valence-electron chi connectivity index (χ2n) is 6.86. The highest BCUT2D eigenvalue weighted by Crippen LogP contribution is 2.31. The van der Waals surface area contributed by atoms with E-state index in [1.54, 1.807) is 6.07 Å². The van der Waals surface area contributed by atoms with Crippen molar-refractivity contribution in [3.63, 3.8) is 0 Å². The summed E-state index contributed by atoms with van der Waals surface area (Å²) in [6.45, 7) is 2.54. The molecule has 2 rings (SSSR count). The van der Waals surface area contributed by atoms with E-state index < -0.39 is 0 Å². The van der Waals surface area contributed by atoms with Gasteiger partial charge in [0.15, 0.2) is 5.78 Å². The van der Waals surface area contributed by atoms with Crippen LogP contribution in [-0.2, 0) is 0 Å². The summed E-state index contributed by atoms with van der Waals surface area (Å²) in [5.41, 5.74) is 0.646. The molecule has 0 atom stereocenters. The molecule has 0 radical (unpaired) electrons. The number of hydrogen-bond acceptors (Lipinski definition) is 3. The van der Waals surface area contributed by atoms with Crippen LogP contribution < -0.4 is 4.74 Å². The number of rotatable bonds is 9. The first-order valence-corrected chi connectivity index (χ1v) is 9.06. The SMILES string of the molecule is CC1CCC(CCCCC(=O)c2ccccc2OCCO)CC1. The van der Waals surface area contributed by atoms with Crippen molar-refractivity contribution >= 4 is 5.78 Å². The van der Waals surface area contributed by atoms with E-state index in [9.17, 15) is 4.79 Å². The average molecular weight is 318 g/mol. The highest BCUT2D eigenvalue weighted by atomic mass is 16.5. The van der Waals surface area contributed by atoms with Gasteiger partial charge in [-0.15, -0.1) is 0 Å². The van der Waals surface area contributed by atoms with Crippen LogP contribution >= 0.6 is 0 Å². The maximum atomic E-state index is 12.4. The van der Waals surface area contributed by atoms with Crippen molar-refractivity contribution in [2.45, 2.75) is 58.3 Å². The topological polar surface area (TPSA) is 46.5 Å². The molecular weight excluding hydrogens is 288 g/mol. The van der Waals surface area contributed by atoms with E-state index in [2.05, 4.69) is 6.92 Å². The lowest BCUT2D eigenvalue weighted by atomic mass is 9.80. The Balaban J connectivity index is 1.72. The molecule has 1 N–H and O–H groups in total. The van der Waals surface area contributed by atoms with Gasteiger partial charge in [0.2, 0.25) is 0 Å². The van der Waals surface area contributed by atoms with Crippen molar-refractivity contribution in [3.05, 3.63) is 29.8 Å². The summed E-state index contributed by atoms with van der Waals surface area (Å²) in [4.78, 5) is 12.4. The number of ether oxygens (including phenoxy) is 1. The minimum Gasteiger partial charge on any atom is -0.490 e. The number of para-hydroxylation sites is 1. The molecule has 0 heterocycles. The van der Waals surface area contributed by atoms with Crippen LogP contribution in [0.4, 0.5) is 0 Å². The molecule has 1 aromatic carbocycles. The van der Waals surface area contributed by atoms with Crippen LogP contribution in [0.1, 0.15) is 68.6 Å². The molecule has 0 spiro atoms. The quantitative estimate of drug-likeness (QED) is 0.533. The van der Waals surface area contributed by atoms with E-state index in [1.807, 2.05) is 18.2 Å². The molecule has 1 aromatic rings. The van der Waals surface area contributed by atoms with Crippen molar-refractivity contribution in [1.82, 2.24) is 0 Å². The van der Waals surface area contributed by atoms with Crippen LogP contribution in [0.25, 0.3) is 0 Å². The van der Waals surface area contributed by atoms with Crippen molar-refractivity contribution < 1.29 is 14.6 Å². The number of unbranched alkanes of at least 4 members (excludes halogenated alkanes) is 1. The first kappa shape index (κ1) is 18.0. The lowest BCUT2D eigenvalue weighted by molar-refractivity contribution is 0.0972. The molecule has 0 unspecified atom stereocenters. The van der Waals surface area contributed by atoms with Gasteiger partial charge in [-0.05, 0) is 30.4 Å². The summed E-state index contributed by atoms with van der Waals surface area (Å²) in [5.74, 6) is 2.52. The third-order valence-electron chi connectivity index (χ3n) is 4.94. The monoisotopic (exact) mass is 318 g/mol. The van der Waals surface area contributed by atoms with E-state index in [-0.39, 0.29) is 19.0 Å². The summed E-state index contributed by atoms with van der Waals surface area (Å²) in [6.07, 6.45) is 9.44. The Morgan fingerprint density at radius 3 is 2.65 bits per heavy atom. The van der Waals surface area contributed by atoms with E-state index in [0.29, 0.717) is 17.7 Å². The molecule has 3 heteroatoms. The highest BCUT2D eigenvalue weighted by molar-refractivity contribution is 5.98. The number of benzene rings is 1. The van der Waals surface area contributed by atoms with Gasteiger partial charge in [-0.2, -0.15) is 0 Å². The van der Waals surface area contributed by atoms with Gasteiger partial charge in [-0.3, -0.25) is 4.79 Å². The number of aliphatic hydroxyl groups excluding tert-OH is 1. The smallest absolute Gasteiger partial charge is 0.166 e. The predicted molar refractivity (Wildman–Crippen MR) is 92.9 cm³/mol. The summed E-state index contributed by atoms with van der Waals surface area (Å²) < 4.78 is 5.45. The van der Waals surface area contributed by atoms with Crippen LogP contribution in [0.5, 0.6) is 5.75 Å². The first-order chi connectivity index (χ1) is 11.2. The predicted octanol–water partition coefficient (Wildman–Crippen LogP) is 4.63. The van der Waals surface area contributed by atoms with Gasteiger partial charge < -0.3 is 9.84 Å². The number of carbonyl (C=O) groups is 1. The molecule has 0 aliphatic heterocycles. The fourth-order valence-electron chi connectivity index (χ4n) is 3.45. The Bertz CT molecular complexity index is 476. The minimum absolute atomic E-state index is 0.0392. The normalized spacial score (nSPS) is 21.1. The fourth-order valence-corrected chi connectivity index (χ4v) is 3.45. The third-order valence-corrected chi connectivity index (χ3v) is 4.94. The molecule has 23 heavy (non-hydrogen) atoms. The molecule has 3 nitrogen and oxygen atoms in total.